The lowest BCUT2D eigenvalue weighted by atomic mass is 9.95. The molecule has 1 aliphatic heterocycles. The molecule has 2 aromatic heterocycles. The maximum Gasteiger partial charge on any atom is 0.213 e. The molecule has 20 heavy (non-hydrogen) atoms. The molecule has 1 fully saturated rings. The summed E-state index contributed by atoms with van der Waals surface area (Å²) in [5, 5.41) is 3.41. The summed E-state index contributed by atoms with van der Waals surface area (Å²) >= 11 is 0. The van der Waals surface area contributed by atoms with Gasteiger partial charge in [-0.15, -0.1) is 0 Å². The Morgan fingerprint density at radius 1 is 1.40 bits per heavy atom. The van der Waals surface area contributed by atoms with Crippen LogP contribution in [0, 0.1) is 0 Å². The molecule has 5 heteroatoms. The van der Waals surface area contributed by atoms with Gasteiger partial charge in [-0.3, -0.25) is 0 Å². The van der Waals surface area contributed by atoms with Crippen LogP contribution in [-0.4, -0.2) is 34.7 Å². The smallest absolute Gasteiger partial charge is 0.213 e. The van der Waals surface area contributed by atoms with E-state index in [0.29, 0.717) is 11.8 Å². The molecule has 1 aliphatic rings. The van der Waals surface area contributed by atoms with Gasteiger partial charge in [0.2, 0.25) is 5.88 Å². The fourth-order valence-corrected chi connectivity index (χ4v) is 2.78. The molecule has 0 bridgehead atoms. The van der Waals surface area contributed by atoms with Gasteiger partial charge in [-0.2, -0.15) is 0 Å². The van der Waals surface area contributed by atoms with E-state index in [2.05, 4.69) is 19.9 Å². The summed E-state index contributed by atoms with van der Waals surface area (Å²) in [5.74, 6) is 1.27. The molecule has 3 heterocycles. The first kappa shape index (κ1) is 13.1. The summed E-state index contributed by atoms with van der Waals surface area (Å²) in [6.45, 7) is 3.01. The van der Waals surface area contributed by atoms with Crippen LogP contribution in [0.2, 0.25) is 0 Å². The second-order valence-electron chi connectivity index (χ2n) is 5.18. The highest BCUT2D eigenvalue weighted by molar-refractivity contribution is 5.22. The number of hydrogen-bond donors (Lipinski definition) is 1. The number of nitrogens with one attached hydrogen (secondary N) is 1. The van der Waals surface area contributed by atoms with E-state index < -0.39 is 0 Å². The van der Waals surface area contributed by atoms with Crippen molar-refractivity contribution in [1.82, 2.24) is 19.9 Å². The summed E-state index contributed by atoms with van der Waals surface area (Å²) in [6, 6.07) is 4.00. The fourth-order valence-electron chi connectivity index (χ4n) is 2.78. The van der Waals surface area contributed by atoms with Crippen molar-refractivity contribution in [3.63, 3.8) is 0 Å². The molecule has 1 saturated heterocycles. The number of pyridine rings is 1. The standard InChI is InChI=1S/C15H20N4O/c1-20-15-8-12(2-7-18-15)10-19-11-17-9-14(19)13-3-5-16-6-4-13/h2,7-9,11,13,16H,3-6,10H2,1H3. The van der Waals surface area contributed by atoms with Gasteiger partial charge < -0.3 is 14.6 Å². The summed E-state index contributed by atoms with van der Waals surface area (Å²) < 4.78 is 7.42. The van der Waals surface area contributed by atoms with Crippen LogP contribution in [0.1, 0.15) is 30.0 Å². The van der Waals surface area contributed by atoms with Gasteiger partial charge in [0.25, 0.3) is 0 Å². The van der Waals surface area contributed by atoms with E-state index in [1.54, 1.807) is 13.3 Å². The second-order valence-corrected chi connectivity index (χ2v) is 5.18. The zero-order chi connectivity index (χ0) is 13.8. The number of ether oxygens (including phenoxy) is 1. The zero-order valence-electron chi connectivity index (χ0n) is 11.7. The van der Waals surface area contributed by atoms with E-state index in [4.69, 9.17) is 4.74 Å². The minimum Gasteiger partial charge on any atom is -0.481 e. The number of nitrogens with zero attached hydrogens (tertiary/aromatic N) is 3. The highest BCUT2D eigenvalue weighted by Crippen LogP contribution is 2.25. The van der Waals surface area contributed by atoms with Crippen LogP contribution in [0.3, 0.4) is 0 Å². The Balaban J connectivity index is 1.78. The molecule has 1 N–H and O–H groups in total. The first-order chi connectivity index (χ1) is 9.86. The van der Waals surface area contributed by atoms with Crippen LogP contribution >= 0.6 is 0 Å². The molecule has 5 nitrogen and oxygen atoms in total. The third kappa shape index (κ3) is 2.82. The van der Waals surface area contributed by atoms with Gasteiger partial charge in [0.05, 0.1) is 13.4 Å². The maximum atomic E-state index is 5.18. The van der Waals surface area contributed by atoms with Crippen LogP contribution in [0.25, 0.3) is 0 Å². The number of imidazole rings is 1. The SMILES string of the molecule is COc1cc(Cn2cncc2C2CCNCC2)ccn1. The first-order valence-corrected chi connectivity index (χ1v) is 7.06. The Hall–Kier alpha value is -1.88. The largest absolute Gasteiger partial charge is 0.481 e. The lowest BCUT2D eigenvalue weighted by Gasteiger charge is -2.23. The van der Waals surface area contributed by atoms with E-state index in [9.17, 15) is 0 Å². The Morgan fingerprint density at radius 3 is 3.05 bits per heavy atom. The highest BCUT2D eigenvalue weighted by atomic mass is 16.5. The van der Waals surface area contributed by atoms with Crippen molar-refractivity contribution in [2.75, 3.05) is 20.2 Å². The molecule has 2 aromatic rings. The van der Waals surface area contributed by atoms with Crippen LogP contribution in [0.15, 0.2) is 30.9 Å². The van der Waals surface area contributed by atoms with E-state index in [-0.39, 0.29) is 0 Å². The average Bonchev–Trinajstić information content (AvgIpc) is 2.96. The molecule has 0 aliphatic carbocycles. The zero-order valence-corrected chi connectivity index (χ0v) is 11.7. The Morgan fingerprint density at radius 2 is 2.25 bits per heavy atom. The van der Waals surface area contributed by atoms with Crippen molar-refractivity contribution in [3.05, 3.63) is 42.1 Å². The van der Waals surface area contributed by atoms with Gasteiger partial charge in [-0.1, -0.05) is 0 Å². The van der Waals surface area contributed by atoms with Crippen molar-refractivity contribution in [2.45, 2.75) is 25.3 Å². The van der Waals surface area contributed by atoms with Crippen LogP contribution in [0.4, 0.5) is 0 Å². The molecule has 0 amide bonds. The van der Waals surface area contributed by atoms with E-state index in [0.717, 1.165) is 19.6 Å². The molecule has 106 valence electrons. The Labute approximate surface area is 119 Å². The minimum absolute atomic E-state index is 0.613. The quantitative estimate of drug-likeness (QED) is 0.922. The molecular weight excluding hydrogens is 252 g/mol. The number of methoxy groups -OCH3 is 1. The lowest BCUT2D eigenvalue weighted by molar-refractivity contribution is 0.397. The molecule has 0 aromatic carbocycles. The van der Waals surface area contributed by atoms with Gasteiger partial charge in [0.1, 0.15) is 0 Å². The molecule has 0 saturated carbocycles. The Kier molecular flexibility index (Phi) is 3.97. The van der Waals surface area contributed by atoms with Crippen molar-refractivity contribution in [3.8, 4) is 5.88 Å². The molecule has 0 atom stereocenters. The first-order valence-electron chi connectivity index (χ1n) is 7.06. The summed E-state index contributed by atoms with van der Waals surface area (Å²) in [4.78, 5) is 8.48. The van der Waals surface area contributed by atoms with Gasteiger partial charge in [-0.05, 0) is 37.6 Å². The van der Waals surface area contributed by atoms with Crippen LogP contribution < -0.4 is 10.1 Å². The molecule has 3 rings (SSSR count). The van der Waals surface area contributed by atoms with E-state index in [1.807, 2.05) is 24.7 Å². The number of hydrogen-bond acceptors (Lipinski definition) is 4. The molecule has 0 unspecified atom stereocenters. The number of aromatic nitrogens is 3. The van der Waals surface area contributed by atoms with Crippen molar-refractivity contribution < 1.29 is 4.74 Å². The lowest BCUT2D eigenvalue weighted by Crippen LogP contribution is -2.27. The maximum absolute atomic E-state index is 5.18. The third-order valence-electron chi connectivity index (χ3n) is 3.86. The van der Waals surface area contributed by atoms with Crippen molar-refractivity contribution in [2.24, 2.45) is 0 Å². The average molecular weight is 272 g/mol. The monoisotopic (exact) mass is 272 g/mol. The predicted octanol–water partition coefficient (Wildman–Crippen LogP) is 1.80. The van der Waals surface area contributed by atoms with Crippen molar-refractivity contribution >= 4 is 0 Å². The van der Waals surface area contributed by atoms with Gasteiger partial charge in [-0.25, -0.2) is 9.97 Å². The normalized spacial score (nSPS) is 16.2. The molecule has 0 radical (unpaired) electrons. The van der Waals surface area contributed by atoms with Gasteiger partial charge >= 0.3 is 0 Å². The van der Waals surface area contributed by atoms with Gasteiger partial charge in [0, 0.05) is 36.6 Å². The van der Waals surface area contributed by atoms with Gasteiger partial charge in [0.15, 0.2) is 0 Å². The second kappa shape index (κ2) is 6.05. The molecule has 0 spiro atoms. The number of piperidine rings is 1. The molecular formula is C15H20N4O. The topological polar surface area (TPSA) is 52.0 Å². The predicted molar refractivity (Wildman–Crippen MR) is 77.0 cm³/mol. The fraction of sp³-hybridized carbons (Fsp3) is 0.467. The summed E-state index contributed by atoms with van der Waals surface area (Å²) in [6.07, 6.45) is 8.09. The number of rotatable bonds is 4. The minimum atomic E-state index is 0.613. The highest BCUT2D eigenvalue weighted by Gasteiger charge is 2.18. The van der Waals surface area contributed by atoms with E-state index in [1.165, 1.54) is 24.1 Å². The summed E-state index contributed by atoms with van der Waals surface area (Å²) in [5.41, 5.74) is 2.52. The van der Waals surface area contributed by atoms with Crippen molar-refractivity contribution in [1.29, 1.82) is 0 Å². The van der Waals surface area contributed by atoms with Crippen LogP contribution in [-0.2, 0) is 6.54 Å². The summed E-state index contributed by atoms with van der Waals surface area (Å²) in [7, 11) is 1.64. The Bertz CT molecular complexity index is 561. The third-order valence-corrected chi connectivity index (χ3v) is 3.86. The van der Waals surface area contributed by atoms with E-state index >= 15 is 0 Å². The van der Waals surface area contributed by atoms with Crippen LogP contribution in [0.5, 0.6) is 5.88 Å².